The van der Waals surface area contributed by atoms with Crippen molar-refractivity contribution in [2.75, 3.05) is 20.1 Å². The van der Waals surface area contributed by atoms with Gasteiger partial charge in [-0.25, -0.2) is 0 Å². The lowest BCUT2D eigenvalue weighted by atomic mass is 10.0. The molecule has 3 heterocycles. The second-order valence-corrected chi connectivity index (χ2v) is 7.00. The maximum atomic E-state index is 13.0. The van der Waals surface area contributed by atoms with Gasteiger partial charge >= 0.3 is 0 Å². The van der Waals surface area contributed by atoms with Gasteiger partial charge in [-0.15, -0.1) is 0 Å². The molecule has 1 fully saturated rings. The van der Waals surface area contributed by atoms with Gasteiger partial charge in [-0.05, 0) is 32.8 Å². The number of amides is 1. The zero-order chi connectivity index (χ0) is 17.4. The normalized spacial score (nSPS) is 16.9. The molecule has 1 aliphatic rings. The maximum Gasteiger partial charge on any atom is 0.274 e. The third kappa shape index (κ3) is 2.86. The first kappa shape index (κ1) is 16.8. The second kappa shape index (κ2) is 6.43. The Hall–Kier alpha value is -2.08. The highest BCUT2D eigenvalue weighted by molar-refractivity contribution is 6.05. The minimum atomic E-state index is -0.112. The third-order valence-electron chi connectivity index (χ3n) is 5.22. The number of pyridine rings is 1. The molecule has 130 valence electrons. The number of hydrogen-bond donors (Lipinski definition) is 1. The molecule has 3 rings (SSSR count). The minimum absolute atomic E-state index is 0.0156. The van der Waals surface area contributed by atoms with Crippen molar-refractivity contribution in [1.82, 2.24) is 19.4 Å². The summed E-state index contributed by atoms with van der Waals surface area (Å²) in [6, 6.07) is 2.60. The van der Waals surface area contributed by atoms with E-state index < -0.39 is 0 Å². The van der Waals surface area contributed by atoms with Crippen molar-refractivity contribution >= 4 is 16.8 Å². The summed E-state index contributed by atoms with van der Waals surface area (Å²) in [5, 5.41) is 0.703. The van der Waals surface area contributed by atoms with Crippen molar-refractivity contribution in [1.29, 1.82) is 0 Å². The van der Waals surface area contributed by atoms with Crippen LogP contribution in [0.1, 0.15) is 37.0 Å². The number of rotatable bonds is 3. The number of nitrogens with one attached hydrogen (secondary N) is 1. The number of likely N-dealkylation sites (tertiary alicyclic amines) is 1. The van der Waals surface area contributed by atoms with Crippen LogP contribution in [0.3, 0.4) is 0 Å². The molecule has 2 aromatic rings. The molecular weight excluding hydrogens is 304 g/mol. The summed E-state index contributed by atoms with van der Waals surface area (Å²) in [6.45, 7) is 6.46. The van der Waals surface area contributed by atoms with Gasteiger partial charge in [0, 0.05) is 57.0 Å². The van der Waals surface area contributed by atoms with Gasteiger partial charge in [0.2, 0.25) is 0 Å². The Morgan fingerprint density at radius 3 is 2.62 bits per heavy atom. The molecule has 6 heteroatoms. The van der Waals surface area contributed by atoms with Crippen molar-refractivity contribution in [3.05, 3.63) is 34.4 Å². The molecule has 2 aromatic heterocycles. The van der Waals surface area contributed by atoms with Gasteiger partial charge in [0.25, 0.3) is 11.5 Å². The maximum absolute atomic E-state index is 13.0. The highest BCUT2D eigenvalue weighted by Crippen LogP contribution is 2.21. The molecule has 0 unspecified atom stereocenters. The number of hydrogen-bond acceptors (Lipinski definition) is 3. The van der Waals surface area contributed by atoms with Crippen molar-refractivity contribution in [3.8, 4) is 0 Å². The quantitative estimate of drug-likeness (QED) is 0.934. The van der Waals surface area contributed by atoms with Crippen LogP contribution in [0.25, 0.3) is 10.9 Å². The zero-order valence-electron chi connectivity index (χ0n) is 14.9. The first-order valence-corrected chi connectivity index (χ1v) is 8.58. The Balaban J connectivity index is 1.84. The highest BCUT2D eigenvalue weighted by atomic mass is 16.2. The smallest absolute Gasteiger partial charge is 0.274 e. The topological polar surface area (TPSA) is 61.3 Å². The number of fused-ring (bicyclic) bond motifs is 1. The fourth-order valence-electron chi connectivity index (χ4n) is 3.58. The van der Waals surface area contributed by atoms with Gasteiger partial charge < -0.3 is 19.4 Å². The number of carbonyl (C=O) groups is 1. The van der Waals surface area contributed by atoms with Crippen molar-refractivity contribution < 1.29 is 4.79 Å². The first-order chi connectivity index (χ1) is 11.4. The Bertz CT molecular complexity index is 797. The molecule has 0 bridgehead atoms. The Morgan fingerprint density at radius 1 is 1.33 bits per heavy atom. The predicted octanol–water partition coefficient (Wildman–Crippen LogP) is 1.81. The summed E-state index contributed by atoms with van der Waals surface area (Å²) in [5.41, 5.74) is 0.966. The van der Waals surface area contributed by atoms with Crippen LogP contribution in [0.5, 0.6) is 0 Å². The fraction of sp³-hybridized carbons (Fsp3) is 0.556. The van der Waals surface area contributed by atoms with Crippen LogP contribution in [0.4, 0.5) is 0 Å². The van der Waals surface area contributed by atoms with E-state index in [4.69, 9.17) is 0 Å². The van der Waals surface area contributed by atoms with Crippen molar-refractivity contribution in [2.45, 2.75) is 38.8 Å². The Kier molecular flexibility index (Phi) is 4.49. The molecule has 0 aliphatic carbocycles. The summed E-state index contributed by atoms with van der Waals surface area (Å²) >= 11 is 0. The highest BCUT2D eigenvalue weighted by Gasteiger charge is 2.28. The van der Waals surface area contributed by atoms with Crippen molar-refractivity contribution in [3.63, 3.8) is 0 Å². The van der Waals surface area contributed by atoms with Crippen LogP contribution in [0.15, 0.2) is 23.3 Å². The van der Waals surface area contributed by atoms with Crippen LogP contribution in [0.2, 0.25) is 0 Å². The molecular formula is C18H26N4O2. The number of piperidine rings is 1. The molecule has 1 amide bonds. The Morgan fingerprint density at radius 2 is 2.00 bits per heavy atom. The molecule has 1 saturated heterocycles. The van der Waals surface area contributed by atoms with E-state index >= 15 is 0 Å². The molecule has 1 aliphatic heterocycles. The largest absolute Gasteiger partial charge is 0.357 e. The van der Waals surface area contributed by atoms with E-state index in [1.54, 1.807) is 25.5 Å². The van der Waals surface area contributed by atoms with Crippen LogP contribution in [0, 0.1) is 0 Å². The van der Waals surface area contributed by atoms with Gasteiger partial charge in [0.1, 0.15) is 5.52 Å². The lowest BCUT2D eigenvalue weighted by Gasteiger charge is -2.38. The molecule has 24 heavy (non-hydrogen) atoms. The van der Waals surface area contributed by atoms with E-state index in [9.17, 15) is 9.59 Å². The third-order valence-corrected chi connectivity index (χ3v) is 5.22. The van der Waals surface area contributed by atoms with E-state index in [0.717, 1.165) is 25.9 Å². The monoisotopic (exact) mass is 330 g/mol. The average molecular weight is 330 g/mol. The van der Waals surface area contributed by atoms with Gasteiger partial charge in [0.15, 0.2) is 0 Å². The molecule has 1 N–H and O–H groups in total. The van der Waals surface area contributed by atoms with E-state index in [0.29, 0.717) is 22.5 Å². The molecule has 0 radical (unpaired) electrons. The van der Waals surface area contributed by atoms with E-state index in [1.807, 2.05) is 11.9 Å². The van der Waals surface area contributed by atoms with Gasteiger partial charge in [-0.3, -0.25) is 9.59 Å². The van der Waals surface area contributed by atoms with Gasteiger partial charge in [0.05, 0.1) is 5.56 Å². The fourth-order valence-corrected chi connectivity index (χ4v) is 3.58. The zero-order valence-corrected chi connectivity index (χ0v) is 14.9. The molecule has 0 atom stereocenters. The van der Waals surface area contributed by atoms with Crippen LogP contribution >= 0.6 is 0 Å². The van der Waals surface area contributed by atoms with Gasteiger partial charge in [-0.1, -0.05) is 0 Å². The summed E-state index contributed by atoms with van der Waals surface area (Å²) in [6.07, 6.45) is 5.34. The standard InChI is InChI=1S/C18H26N4O2/c1-12(2)22-9-6-13(7-10-22)21(4)17(23)15-11-20(3)18(24)16-14(15)5-8-19-16/h5,8,11-13,19H,6-7,9-10H2,1-4H3. The number of nitrogens with zero attached hydrogens (tertiary/aromatic N) is 3. The number of H-pyrrole nitrogens is 1. The number of aryl methyl sites for hydroxylation is 1. The molecule has 0 saturated carbocycles. The van der Waals surface area contributed by atoms with E-state index in [-0.39, 0.29) is 17.5 Å². The van der Waals surface area contributed by atoms with Crippen LogP contribution < -0.4 is 5.56 Å². The second-order valence-electron chi connectivity index (χ2n) is 7.00. The van der Waals surface area contributed by atoms with Crippen LogP contribution in [-0.4, -0.2) is 57.5 Å². The van der Waals surface area contributed by atoms with Crippen LogP contribution in [-0.2, 0) is 7.05 Å². The summed E-state index contributed by atoms with van der Waals surface area (Å²) in [4.78, 5) is 32.4. The SMILES string of the molecule is CC(C)N1CCC(N(C)C(=O)c2cn(C)c(=O)c3[nH]ccc23)CC1. The summed E-state index contributed by atoms with van der Waals surface area (Å²) < 4.78 is 1.47. The summed E-state index contributed by atoms with van der Waals surface area (Å²) in [7, 11) is 3.56. The minimum Gasteiger partial charge on any atom is -0.357 e. The average Bonchev–Trinajstić information content (AvgIpc) is 3.07. The first-order valence-electron chi connectivity index (χ1n) is 8.58. The number of aromatic nitrogens is 2. The predicted molar refractivity (Wildman–Crippen MR) is 95.4 cm³/mol. The Labute approximate surface area is 142 Å². The lowest BCUT2D eigenvalue weighted by Crippen LogP contribution is -2.47. The van der Waals surface area contributed by atoms with E-state index in [2.05, 4.69) is 23.7 Å². The molecule has 0 aromatic carbocycles. The molecule has 6 nitrogen and oxygen atoms in total. The lowest BCUT2D eigenvalue weighted by molar-refractivity contribution is 0.0616. The number of carbonyl (C=O) groups excluding carboxylic acids is 1. The van der Waals surface area contributed by atoms with Gasteiger partial charge in [-0.2, -0.15) is 0 Å². The van der Waals surface area contributed by atoms with E-state index in [1.165, 1.54) is 4.57 Å². The van der Waals surface area contributed by atoms with Crippen molar-refractivity contribution in [2.24, 2.45) is 7.05 Å². The molecule has 0 spiro atoms. The summed E-state index contributed by atoms with van der Waals surface area (Å²) in [5.74, 6) is -0.0156. The number of aromatic amines is 1.